The number of rotatable bonds is 5. The van der Waals surface area contributed by atoms with Crippen molar-refractivity contribution in [2.75, 3.05) is 12.4 Å². The van der Waals surface area contributed by atoms with Gasteiger partial charge in [0.2, 0.25) is 0 Å². The van der Waals surface area contributed by atoms with E-state index in [1.165, 1.54) is 0 Å². The van der Waals surface area contributed by atoms with Crippen molar-refractivity contribution < 1.29 is 14.3 Å². The third kappa shape index (κ3) is 3.70. The van der Waals surface area contributed by atoms with E-state index < -0.39 is 5.97 Å². The first-order valence-corrected chi connectivity index (χ1v) is 8.37. The highest BCUT2D eigenvalue weighted by Gasteiger charge is 2.16. The topological polar surface area (TPSA) is 47.6 Å². The lowest BCUT2D eigenvalue weighted by Gasteiger charge is -2.15. The minimum absolute atomic E-state index is 0.402. The quantitative estimate of drug-likeness (QED) is 0.504. The number of carbonyl (C=O) groups excluding carboxylic acids is 1. The van der Waals surface area contributed by atoms with Crippen LogP contribution in [-0.2, 0) is 0 Å². The van der Waals surface area contributed by atoms with Crippen molar-refractivity contribution in [1.82, 2.24) is 0 Å². The van der Waals surface area contributed by atoms with Crippen LogP contribution in [0.5, 0.6) is 11.5 Å². The van der Waals surface area contributed by atoms with Crippen molar-refractivity contribution in [2.45, 2.75) is 13.8 Å². The fourth-order valence-electron chi connectivity index (χ4n) is 2.77. The Hall–Kier alpha value is -3.27. The Morgan fingerprint density at radius 3 is 2.12 bits per heavy atom. The van der Waals surface area contributed by atoms with E-state index in [9.17, 15) is 4.79 Å². The van der Waals surface area contributed by atoms with Gasteiger partial charge in [0.1, 0.15) is 11.5 Å². The lowest BCUT2D eigenvalue weighted by atomic mass is 10.1. The maximum Gasteiger partial charge on any atom is 0.345 e. The van der Waals surface area contributed by atoms with Crippen molar-refractivity contribution in [1.29, 1.82) is 0 Å². The van der Waals surface area contributed by atoms with Crippen LogP contribution in [0.2, 0.25) is 0 Å². The number of nitrogens with one attached hydrogen (secondary N) is 1. The summed E-state index contributed by atoms with van der Waals surface area (Å²) in [5.74, 6) is 0.899. The molecule has 0 amide bonds. The van der Waals surface area contributed by atoms with Gasteiger partial charge in [0.15, 0.2) is 0 Å². The summed E-state index contributed by atoms with van der Waals surface area (Å²) in [6.07, 6.45) is 0. The van der Waals surface area contributed by atoms with E-state index in [0.717, 1.165) is 16.8 Å². The number of hydrogen-bond donors (Lipinski definition) is 1. The van der Waals surface area contributed by atoms with E-state index in [0.29, 0.717) is 22.7 Å². The Labute approximate surface area is 153 Å². The average molecular weight is 347 g/mol. The van der Waals surface area contributed by atoms with Gasteiger partial charge in [-0.2, -0.15) is 0 Å². The van der Waals surface area contributed by atoms with Gasteiger partial charge in [-0.25, -0.2) is 4.79 Å². The predicted molar refractivity (Wildman–Crippen MR) is 104 cm³/mol. The van der Waals surface area contributed by atoms with Crippen LogP contribution in [0.25, 0.3) is 0 Å². The van der Waals surface area contributed by atoms with E-state index >= 15 is 0 Å². The summed E-state index contributed by atoms with van der Waals surface area (Å²) in [6.45, 7) is 3.85. The highest BCUT2D eigenvalue weighted by atomic mass is 16.5. The number of para-hydroxylation sites is 4. The van der Waals surface area contributed by atoms with E-state index in [2.05, 4.69) is 5.32 Å². The zero-order valence-corrected chi connectivity index (χ0v) is 15.1. The SMILES string of the molecule is COc1ccccc1Nc1ccccc1C(=O)Oc1c(C)cccc1C. The fraction of sp³-hybridized carbons (Fsp3) is 0.136. The van der Waals surface area contributed by atoms with Gasteiger partial charge in [0.25, 0.3) is 0 Å². The van der Waals surface area contributed by atoms with E-state index in [1.54, 1.807) is 13.2 Å². The lowest BCUT2D eigenvalue weighted by molar-refractivity contribution is 0.0733. The van der Waals surface area contributed by atoms with Crippen molar-refractivity contribution in [3.8, 4) is 11.5 Å². The first kappa shape index (κ1) is 17.5. The standard InChI is InChI=1S/C22H21NO3/c1-15-9-8-10-16(2)21(15)26-22(24)17-11-4-5-12-18(17)23-19-13-6-7-14-20(19)25-3/h4-14,23H,1-3H3. The molecule has 0 aliphatic carbocycles. The summed E-state index contributed by atoms with van der Waals surface area (Å²) in [5, 5.41) is 3.26. The van der Waals surface area contributed by atoms with Crippen LogP contribution in [0.1, 0.15) is 21.5 Å². The summed E-state index contributed by atoms with van der Waals surface area (Å²) < 4.78 is 11.1. The molecule has 0 bridgehead atoms. The smallest absolute Gasteiger partial charge is 0.345 e. The Morgan fingerprint density at radius 2 is 1.42 bits per heavy atom. The summed E-state index contributed by atoms with van der Waals surface area (Å²) >= 11 is 0. The third-order valence-corrected chi connectivity index (χ3v) is 4.13. The molecule has 3 rings (SSSR count). The summed E-state index contributed by atoms with van der Waals surface area (Å²) in [7, 11) is 1.61. The number of hydrogen-bond acceptors (Lipinski definition) is 4. The second-order valence-corrected chi connectivity index (χ2v) is 5.98. The third-order valence-electron chi connectivity index (χ3n) is 4.13. The van der Waals surface area contributed by atoms with Gasteiger partial charge in [-0.1, -0.05) is 42.5 Å². The summed E-state index contributed by atoms with van der Waals surface area (Å²) in [5.41, 5.74) is 3.75. The summed E-state index contributed by atoms with van der Waals surface area (Å²) in [6, 6.07) is 20.6. The van der Waals surface area contributed by atoms with Gasteiger partial charge in [0, 0.05) is 0 Å². The molecule has 0 aliphatic rings. The molecule has 0 atom stereocenters. The monoisotopic (exact) mass is 347 g/mol. The van der Waals surface area contributed by atoms with Gasteiger partial charge >= 0.3 is 5.97 Å². The fourth-order valence-corrected chi connectivity index (χ4v) is 2.77. The van der Waals surface area contributed by atoms with Crippen molar-refractivity contribution in [3.05, 3.63) is 83.4 Å². The van der Waals surface area contributed by atoms with Gasteiger partial charge in [-0.05, 0) is 49.2 Å². The molecule has 132 valence electrons. The molecule has 4 nitrogen and oxygen atoms in total. The second kappa shape index (κ2) is 7.74. The largest absolute Gasteiger partial charge is 0.495 e. The van der Waals surface area contributed by atoms with Crippen molar-refractivity contribution in [2.24, 2.45) is 0 Å². The minimum atomic E-state index is -0.402. The molecule has 0 aliphatic heterocycles. The average Bonchev–Trinajstić information content (AvgIpc) is 2.65. The van der Waals surface area contributed by atoms with Crippen molar-refractivity contribution >= 4 is 17.3 Å². The van der Waals surface area contributed by atoms with Crippen LogP contribution in [0.3, 0.4) is 0 Å². The molecular formula is C22H21NO3. The highest BCUT2D eigenvalue weighted by Crippen LogP contribution is 2.30. The maximum absolute atomic E-state index is 12.8. The molecule has 4 heteroatoms. The van der Waals surface area contributed by atoms with Crippen molar-refractivity contribution in [3.63, 3.8) is 0 Å². The van der Waals surface area contributed by atoms with Crippen LogP contribution >= 0.6 is 0 Å². The van der Waals surface area contributed by atoms with Crippen LogP contribution < -0.4 is 14.8 Å². The van der Waals surface area contributed by atoms with Gasteiger partial charge in [-0.3, -0.25) is 0 Å². The molecule has 0 spiro atoms. The normalized spacial score (nSPS) is 10.3. The van der Waals surface area contributed by atoms with Crippen LogP contribution in [-0.4, -0.2) is 13.1 Å². The molecule has 3 aromatic rings. The van der Waals surface area contributed by atoms with Crippen LogP contribution in [0, 0.1) is 13.8 Å². The van der Waals surface area contributed by atoms with Gasteiger partial charge in [0.05, 0.1) is 24.0 Å². The molecule has 0 aromatic heterocycles. The zero-order valence-electron chi connectivity index (χ0n) is 15.1. The van der Waals surface area contributed by atoms with Gasteiger partial charge in [-0.15, -0.1) is 0 Å². The molecule has 0 unspecified atom stereocenters. The number of carbonyl (C=O) groups is 1. The first-order valence-electron chi connectivity index (χ1n) is 8.37. The molecule has 0 heterocycles. The van der Waals surface area contributed by atoms with Crippen LogP contribution in [0.4, 0.5) is 11.4 Å². The molecular weight excluding hydrogens is 326 g/mol. The number of aryl methyl sites for hydroxylation is 2. The minimum Gasteiger partial charge on any atom is -0.495 e. The number of anilines is 2. The van der Waals surface area contributed by atoms with E-state index in [4.69, 9.17) is 9.47 Å². The Balaban J connectivity index is 1.91. The Bertz CT molecular complexity index is 914. The molecule has 0 fully saturated rings. The summed E-state index contributed by atoms with van der Waals surface area (Å²) in [4.78, 5) is 12.8. The number of benzene rings is 3. The predicted octanol–water partition coefficient (Wildman–Crippen LogP) is 5.27. The zero-order chi connectivity index (χ0) is 18.5. The Morgan fingerprint density at radius 1 is 0.808 bits per heavy atom. The highest BCUT2D eigenvalue weighted by molar-refractivity contribution is 5.98. The molecule has 0 saturated carbocycles. The van der Waals surface area contributed by atoms with Gasteiger partial charge < -0.3 is 14.8 Å². The molecule has 26 heavy (non-hydrogen) atoms. The first-order chi connectivity index (χ1) is 12.6. The number of ether oxygens (including phenoxy) is 2. The van der Waals surface area contributed by atoms with E-state index in [-0.39, 0.29) is 0 Å². The molecule has 3 aromatic carbocycles. The molecule has 0 radical (unpaired) electrons. The van der Waals surface area contributed by atoms with Crippen LogP contribution in [0.15, 0.2) is 66.7 Å². The maximum atomic E-state index is 12.8. The second-order valence-electron chi connectivity index (χ2n) is 5.98. The molecule has 0 saturated heterocycles. The lowest BCUT2D eigenvalue weighted by Crippen LogP contribution is -2.12. The molecule has 1 N–H and O–H groups in total. The Kier molecular flexibility index (Phi) is 5.23. The number of esters is 1. The number of methoxy groups -OCH3 is 1. The van der Waals surface area contributed by atoms with E-state index in [1.807, 2.05) is 74.5 Å².